The van der Waals surface area contributed by atoms with Crippen LogP contribution >= 0.6 is 11.6 Å². The highest BCUT2D eigenvalue weighted by atomic mass is 35.5. The zero-order valence-corrected chi connectivity index (χ0v) is 20.2. The first-order valence-electron chi connectivity index (χ1n) is 10.9. The van der Waals surface area contributed by atoms with Crippen LogP contribution in [0.25, 0.3) is 11.1 Å². The molecule has 8 heteroatoms. The van der Waals surface area contributed by atoms with Gasteiger partial charge in [0, 0.05) is 36.5 Å². The van der Waals surface area contributed by atoms with Crippen molar-refractivity contribution in [3.63, 3.8) is 0 Å². The number of carbonyl (C=O) groups is 1. The molecule has 0 fully saturated rings. The number of carbonyl (C=O) groups excluding carboxylic acids is 1. The molecule has 1 aromatic heterocycles. The van der Waals surface area contributed by atoms with E-state index >= 15 is 0 Å². The third kappa shape index (κ3) is 6.32. The summed E-state index contributed by atoms with van der Waals surface area (Å²) in [5.74, 6) is -0.487. The van der Waals surface area contributed by atoms with E-state index < -0.39 is 15.8 Å². The van der Waals surface area contributed by atoms with Crippen molar-refractivity contribution >= 4 is 33.1 Å². The Balaban J connectivity index is 1.45. The molecule has 0 aliphatic heterocycles. The number of ketones is 1. The quantitative estimate of drug-likeness (QED) is 0.297. The second kappa shape index (κ2) is 10.8. The van der Waals surface area contributed by atoms with Crippen LogP contribution in [-0.4, -0.2) is 19.2 Å². The van der Waals surface area contributed by atoms with Gasteiger partial charge in [-0.3, -0.25) is 14.5 Å². The molecule has 0 aliphatic rings. The lowest BCUT2D eigenvalue weighted by molar-refractivity contribution is -0.118. The summed E-state index contributed by atoms with van der Waals surface area (Å²) in [6, 6.07) is 21.0. The Labute approximate surface area is 208 Å². The molecule has 0 radical (unpaired) electrons. The summed E-state index contributed by atoms with van der Waals surface area (Å²) in [6.07, 6.45) is 4.74. The molecule has 35 heavy (non-hydrogen) atoms. The van der Waals surface area contributed by atoms with Crippen molar-refractivity contribution in [2.75, 3.05) is 4.72 Å². The molecule has 178 valence electrons. The molecular formula is C27H22ClFN2O3S. The first-order chi connectivity index (χ1) is 16.8. The van der Waals surface area contributed by atoms with E-state index in [0.717, 1.165) is 11.1 Å². The number of rotatable bonds is 9. The minimum atomic E-state index is -3.95. The molecule has 0 saturated carbocycles. The standard InChI is InChI=1S/C27H22ClFN2O3S/c28-25-17-21(10-14-26(25)29)24-5-1-2-6-27(24)35(33,34)31-22-11-7-19(8-12-22)16-23(32)13-9-20-4-3-15-30-18-20/h1-8,10-12,14-15,17-18,31H,9,13,16H2. The zero-order valence-electron chi connectivity index (χ0n) is 18.6. The lowest BCUT2D eigenvalue weighted by Crippen LogP contribution is -2.14. The maximum atomic E-state index is 13.6. The van der Waals surface area contributed by atoms with Crippen LogP contribution in [0.5, 0.6) is 0 Å². The number of hydrogen-bond acceptors (Lipinski definition) is 4. The third-order valence-electron chi connectivity index (χ3n) is 5.43. The SMILES string of the molecule is O=C(CCc1cccnc1)Cc1ccc(NS(=O)(=O)c2ccccc2-c2ccc(F)c(Cl)c2)cc1. The lowest BCUT2D eigenvalue weighted by atomic mass is 10.0. The highest BCUT2D eigenvalue weighted by molar-refractivity contribution is 7.92. The summed E-state index contributed by atoms with van der Waals surface area (Å²) >= 11 is 5.89. The number of aromatic nitrogens is 1. The lowest BCUT2D eigenvalue weighted by Gasteiger charge is -2.13. The predicted octanol–water partition coefficient (Wildman–Crippen LogP) is 6.09. The summed E-state index contributed by atoms with van der Waals surface area (Å²) in [7, 11) is -3.95. The monoisotopic (exact) mass is 508 g/mol. The molecule has 1 N–H and O–H groups in total. The van der Waals surface area contributed by atoms with Crippen molar-refractivity contribution in [1.82, 2.24) is 4.98 Å². The first kappa shape index (κ1) is 24.6. The second-order valence-electron chi connectivity index (χ2n) is 8.00. The highest BCUT2D eigenvalue weighted by Crippen LogP contribution is 2.31. The van der Waals surface area contributed by atoms with Gasteiger partial charge < -0.3 is 0 Å². The number of nitrogens with zero attached hydrogens (tertiary/aromatic N) is 1. The topological polar surface area (TPSA) is 76.1 Å². The van der Waals surface area contributed by atoms with Gasteiger partial charge in [-0.05, 0) is 59.5 Å². The number of aryl methyl sites for hydroxylation is 1. The van der Waals surface area contributed by atoms with Gasteiger partial charge in [-0.15, -0.1) is 0 Å². The molecule has 4 aromatic rings. The number of pyridine rings is 1. The Kier molecular flexibility index (Phi) is 7.58. The fourth-order valence-corrected chi connectivity index (χ4v) is 5.12. The maximum Gasteiger partial charge on any atom is 0.262 e. The molecular weight excluding hydrogens is 487 g/mol. The highest BCUT2D eigenvalue weighted by Gasteiger charge is 2.20. The van der Waals surface area contributed by atoms with E-state index in [0.29, 0.717) is 29.7 Å². The van der Waals surface area contributed by atoms with Crippen LogP contribution in [0.1, 0.15) is 17.5 Å². The van der Waals surface area contributed by atoms with Gasteiger partial charge in [0.15, 0.2) is 0 Å². The summed E-state index contributed by atoms with van der Waals surface area (Å²) in [5.41, 5.74) is 3.05. The maximum absolute atomic E-state index is 13.6. The van der Waals surface area contributed by atoms with Crippen molar-refractivity contribution in [3.05, 3.63) is 113 Å². The molecule has 0 saturated heterocycles. The average molecular weight is 509 g/mol. The van der Waals surface area contributed by atoms with Crippen molar-refractivity contribution in [2.24, 2.45) is 0 Å². The van der Waals surface area contributed by atoms with Gasteiger partial charge in [0.2, 0.25) is 0 Å². The Morgan fingerprint density at radius 2 is 1.71 bits per heavy atom. The Morgan fingerprint density at radius 1 is 0.943 bits per heavy atom. The summed E-state index contributed by atoms with van der Waals surface area (Å²) in [4.78, 5) is 16.4. The van der Waals surface area contributed by atoms with Crippen molar-refractivity contribution in [2.45, 2.75) is 24.2 Å². The average Bonchev–Trinajstić information content (AvgIpc) is 2.86. The molecule has 0 atom stereocenters. The number of sulfonamides is 1. The van der Waals surface area contributed by atoms with Crippen LogP contribution in [-0.2, 0) is 27.7 Å². The molecule has 4 rings (SSSR count). The van der Waals surface area contributed by atoms with Crippen molar-refractivity contribution < 1.29 is 17.6 Å². The van der Waals surface area contributed by atoms with E-state index in [1.165, 1.54) is 24.3 Å². The molecule has 1 heterocycles. The van der Waals surface area contributed by atoms with E-state index in [1.54, 1.807) is 54.9 Å². The van der Waals surface area contributed by atoms with Crippen molar-refractivity contribution in [1.29, 1.82) is 0 Å². The number of halogens is 2. The number of Topliss-reactive ketones (excluding diaryl/α,β-unsaturated/α-hetero) is 1. The fourth-order valence-electron chi connectivity index (χ4n) is 3.65. The predicted molar refractivity (Wildman–Crippen MR) is 135 cm³/mol. The summed E-state index contributed by atoms with van der Waals surface area (Å²) < 4.78 is 42.5. The molecule has 5 nitrogen and oxygen atoms in total. The van der Waals surface area contributed by atoms with Gasteiger partial charge in [-0.25, -0.2) is 12.8 Å². The second-order valence-corrected chi connectivity index (χ2v) is 10.1. The van der Waals surface area contributed by atoms with Gasteiger partial charge in [-0.2, -0.15) is 0 Å². The fraction of sp³-hybridized carbons (Fsp3) is 0.111. The van der Waals surface area contributed by atoms with Crippen LogP contribution < -0.4 is 4.72 Å². The first-order valence-corrected chi connectivity index (χ1v) is 12.7. The van der Waals surface area contributed by atoms with Gasteiger partial charge in [0.05, 0.1) is 9.92 Å². The molecule has 0 amide bonds. The van der Waals surface area contributed by atoms with Crippen LogP contribution in [0, 0.1) is 5.82 Å². The minimum Gasteiger partial charge on any atom is -0.299 e. The van der Waals surface area contributed by atoms with Gasteiger partial charge in [0.1, 0.15) is 11.6 Å². The summed E-state index contributed by atoms with van der Waals surface area (Å²) in [6.45, 7) is 0. The van der Waals surface area contributed by atoms with Crippen LogP contribution in [0.2, 0.25) is 5.02 Å². The summed E-state index contributed by atoms with van der Waals surface area (Å²) in [5, 5.41) is -0.0896. The van der Waals surface area contributed by atoms with Crippen LogP contribution in [0.4, 0.5) is 10.1 Å². The van der Waals surface area contributed by atoms with Crippen molar-refractivity contribution in [3.8, 4) is 11.1 Å². The number of nitrogens with one attached hydrogen (secondary N) is 1. The smallest absolute Gasteiger partial charge is 0.262 e. The van der Waals surface area contributed by atoms with Crippen LogP contribution in [0.3, 0.4) is 0 Å². The Bertz CT molecular complexity index is 1440. The largest absolute Gasteiger partial charge is 0.299 e. The van der Waals surface area contributed by atoms with E-state index in [2.05, 4.69) is 9.71 Å². The van der Waals surface area contributed by atoms with E-state index in [4.69, 9.17) is 11.6 Å². The van der Waals surface area contributed by atoms with E-state index in [9.17, 15) is 17.6 Å². The number of benzene rings is 3. The third-order valence-corrected chi connectivity index (χ3v) is 7.16. The Morgan fingerprint density at radius 3 is 2.43 bits per heavy atom. The van der Waals surface area contributed by atoms with E-state index in [1.807, 2.05) is 12.1 Å². The van der Waals surface area contributed by atoms with Gasteiger partial charge in [-0.1, -0.05) is 54.1 Å². The molecule has 0 bridgehead atoms. The van der Waals surface area contributed by atoms with Crippen LogP contribution in [0.15, 0.2) is 96.2 Å². The minimum absolute atomic E-state index is 0.0392. The van der Waals surface area contributed by atoms with Gasteiger partial charge in [0.25, 0.3) is 10.0 Å². The molecule has 0 unspecified atom stereocenters. The Hall–Kier alpha value is -3.55. The normalized spacial score (nSPS) is 11.3. The number of anilines is 1. The molecule has 3 aromatic carbocycles. The van der Waals surface area contributed by atoms with E-state index in [-0.39, 0.29) is 22.1 Å². The molecule has 0 spiro atoms. The van der Waals surface area contributed by atoms with Gasteiger partial charge >= 0.3 is 0 Å². The number of hydrogen-bond donors (Lipinski definition) is 1. The molecule has 0 aliphatic carbocycles. The zero-order chi connectivity index (χ0) is 24.8.